The number of aliphatic hydroxyl groups is 4. The fourth-order valence-corrected chi connectivity index (χ4v) is 2.85. The zero-order valence-corrected chi connectivity index (χ0v) is 12.9. The van der Waals surface area contributed by atoms with Crippen LogP contribution in [0.15, 0.2) is 23.8 Å². The number of rotatable bonds is 5. The molecule has 0 amide bonds. The summed E-state index contributed by atoms with van der Waals surface area (Å²) < 4.78 is 10.8. The van der Waals surface area contributed by atoms with Crippen molar-refractivity contribution in [2.45, 2.75) is 56.9 Å². The maximum atomic E-state index is 9.90. The summed E-state index contributed by atoms with van der Waals surface area (Å²) in [4.78, 5) is 0. The topological polar surface area (TPSA) is 99.4 Å². The molecule has 0 radical (unpaired) electrons. The standard InChI is InChI=1S/C16H26O6/c1-9-3-5-11(6-4-9)10(2)8-21-16-15(20)14(19)13(18)12(7-17)22-16/h3,11-20H,2,4-8H2,1H3/t11?,12-,13-,14+,15-,16-/m1/s1. The fraction of sp³-hybridized carbons (Fsp3) is 0.750. The van der Waals surface area contributed by atoms with Gasteiger partial charge in [0.15, 0.2) is 6.29 Å². The van der Waals surface area contributed by atoms with Gasteiger partial charge in [-0.15, -0.1) is 0 Å². The maximum absolute atomic E-state index is 9.90. The Morgan fingerprint density at radius 1 is 1.32 bits per heavy atom. The van der Waals surface area contributed by atoms with Crippen molar-refractivity contribution in [2.24, 2.45) is 5.92 Å². The molecule has 2 rings (SSSR count). The monoisotopic (exact) mass is 314 g/mol. The Hall–Kier alpha value is -0.760. The molecule has 1 fully saturated rings. The Morgan fingerprint density at radius 2 is 2.05 bits per heavy atom. The molecule has 6 heteroatoms. The van der Waals surface area contributed by atoms with E-state index in [2.05, 4.69) is 19.6 Å². The number of hydrogen-bond acceptors (Lipinski definition) is 6. The largest absolute Gasteiger partial charge is 0.394 e. The lowest BCUT2D eigenvalue weighted by molar-refractivity contribution is -0.299. The summed E-state index contributed by atoms with van der Waals surface area (Å²) in [6, 6.07) is 0. The number of aliphatic hydroxyl groups excluding tert-OH is 4. The van der Waals surface area contributed by atoms with Crippen LogP contribution >= 0.6 is 0 Å². The van der Waals surface area contributed by atoms with E-state index in [0.29, 0.717) is 5.92 Å². The SMILES string of the molecule is C=C(CO[C@@H]1O[C@H](CO)[C@@H](O)[C@H](O)[C@H]1O)C1CC=C(C)CC1. The van der Waals surface area contributed by atoms with Crippen LogP contribution in [0.2, 0.25) is 0 Å². The molecule has 1 unspecified atom stereocenters. The summed E-state index contributed by atoms with van der Waals surface area (Å²) >= 11 is 0. The van der Waals surface area contributed by atoms with Crippen molar-refractivity contribution in [3.63, 3.8) is 0 Å². The Balaban J connectivity index is 1.86. The van der Waals surface area contributed by atoms with Crippen molar-refractivity contribution in [1.29, 1.82) is 0 Å². The molecule has 0 aromatic carbocycles. The van der Waals surface area contributed by atoms with E-state index in [-0.39, 0.29) is 6.61 Å². The minimum atomic E-state index is -1.41. The quantitative estimate of drug-likeness (QED) is 0.537. The Kier molecular flexibility index (Phi) is 6.14. The first-order valence-corrected chi connectivity index (χ1v) is 7.69. The highest BCUT2D eigenvalue weighted by Crippen LogP contribution is 2.29. The molecule has 0 aromatic heterocycles. The third kappa shape index (κ3) is 3.95. The Morgan fingerprint density at radius 3 is 2.64 bits per heavy atom. The van der Waals surface area contributed by atoms with Gasteiger partial charge < -0.3 is 29.9 Å². The zero-order valence-electron chi connectivity index (χ0n) is 12.9. The van der Waals surface area contributed by atoms with E-state index >= 15 is 0 Å². The van der Waals surface area contributed by atoms with Crippen molar-refractivity contribution in [3.05, 3.63) is 23.8 Å². The molecule has 1 saturated heterocycles. The molecular weight excluding hydrogens is 288 g/mol. The van der Waals surface area contributed by atoms with Gasteiger partial charge in [0.1, 0.15) is 24.4 Å². The van der Waals surface area contributed by atoms with Crippen LogP contribution in [0, 0.1) is 5.92 Å². The molecule has 0 bridgehead atoms. The molecule has 1 aliphatic carbocycles. The molecule has 0 aromatic rings. The van der Waals surface area contributed by atoms with Gasteiger partial charge in [0.05, 0.1) is 13.2 Å². The third-order valence-electron chi connectivity index (χ3n) is 4.50. The molecule has 126 valence electrons. The number of allylic oxidation sites excluding steroid dienone is 2. The Bertz CT molecular complexity index is 419. The normalized spacial score (nSPS) is 39.4. The van der Waals surface area contributed by atoms with Gasteiger partial charge in [0, 0.05) is 0 Å². The van der Waals surface area contributed by atoms with Crippen molar-refractivity contribution in [3.8, 4) is 0 Å². The van der Waals surface area contributed by atoms with Crippen LogP contribution in [-0.4, -0.2) is 64.3 Å². The highest BCUT2D eigenvalue weighted by Gasteiger charge is 2.44. The van der Waals surface area contributed by atoms with E-state index in [1.165, 1.54) is 5.57 Å². The van der Waals surface area contributed by atoms with Gasteiger partial charge in [-0.3, -0.25) is 0 Å². The molecule has 0 saturated carbocycles. The lowest BCUT2D eigenvalue weighted by atomic mass is 9.86. The first kappa shape index (κ1) is 17.6. The third-order valence-corrected chi connectivity index (χ3v) is 4.50. The Labute approximate surface area is 130 Å². The van der Waals surface area contributed by atoms with E-state index < -0.39 is 37.3 Å². The number of hydrogen-bond donors (Lipinski definition) is 4. The van der Waals surface area contributed by atoms with Gasteiger partial charge in [-0.2, -0.15) is 0 Å². The minimum absolute atomic E-state index is 0.209. The molecule has 6 nitrogen and oxygen atoms in total. The van der Waals surface area contributed by atoms with E-state index in [0.717, 1.165) is 24.8 Å². The van der Waals surface area contributed by atoms with Crippen LogP contribution in [0.5, 0.6) is 0 Å². The summed E-state index contributed by atoms with van der Waals surface area (Å²) in [7, 11) is 0. The molecule has 0 spiro atoms. The van der Waals surface area contributed by atoms with Crippen LogP contribution < -0.4 is 0 Å². The van der Waals surface area contributed by atoms with E-state index in [9.17, 15) is 15.3 Å². The van der Waals surface area contributed by atoms with Gasteiger partial charge in [-0.1, -0.05) is 18.2 Å². The lowest BCUT2D eigenvalue weighted by Crippen LogP contribution is -2.59. The highest BCUT2D eigenvalue weighted by atomic mass is 16.7. The lowest BCUT2D eigenvalue weighted by Gasteiger charge is -2.39. The molecule has 22 heavy (non-hydrogen) atoms. The molecule has 4 N–H and O–H groups in total. The summed E-state index contributed by atoms with van der Waals surface area (Å²) in [6.07, 6.45) is -0.970. The smallest absolute Gasteiger partial charge is 0.187 e. The van der Waals surface area contributed by atoms with Gasteiger partial charge in [0.2, 0.25) is 0 Å². The molecule has 6 atom stereocenters. The summed E-state index contributed by atoms with van der Waals surface area (Å²) in [6.45, 7) is 5.90. The summed E-state index contributed by atoms with van der Waals surface area (Å²) in [5.41, 5.74) is 2.31. The van der Waals surface area contributed by atoms with Gasteiger partial charge in [0.25, 0.3) is 0 Å². The second-order valence-corrected chi connectivity index (χ2v) is 6.19. The average Bonchev–Trinajstić information content (AvgIpc) is 2.52. The average molecular weight is 314 g/mol. The second-order valence-electron chi connectivity index (χ2n) is 6.19. The van der Waals surface area contributed by atoms with Crippen LogP contribution in [0.4, 0.5) is 0 Å². The van der Waals surface area contributed by atoms with Gasteiger partial charge in [-0.05, 0) is 37.7 Å². The highest BCUT2D eigenvalue weighted by molar-refractivity contribution is 5.12. The van der Waals surface area contributed by atoms with Crippen molar-refractivity contribution >= 4 is 0 Å². The molecule has 1 aliphatic heterocycles. The van der Waals surface area contributed by atoms with Gasteiger partial charge >= 0.3 is 0 Å². The first-order chi connectivity index (χ1) is 10.4. The first-order valence-electron chi connectivity index (χ1n) is 7.69. The minimum Gasteiger partial charge on any atom is -0.394 e. The summed E-state index contributed by atoms with van der Waals surface area (Å²) in [5.74, 6) is 0.341. The van der Waals surface area contributed by atoms with Crippen molar-refractivity contribution < 1.29 is 29.9 Å². The summed E-state index contributed by atoms with van der Waals surface area (Å²) in [5, 5.41) is 38.4. The maximum Gasteiger partial charge on any atom is 0.187 e. The predicted molar refractivity (Wildman–Crippen MR) is 80.0 cm³/mol. The number of ether oxygens (including phenoxy) is 2. The second kappa shape index (κ2) is 7.68. The van der Waals surface area contributed by atoms with Crippen LogP contribution in [0.1, 0.15) is 26.2 Å². The fourth-order valence-electron chi connectivity index (χ4n) is 2.85. The van der Waals surface area contributed by atoms with Gasteiger partial charge in [-0.25, -0.2) is 0 Å². The van der Waals surface area contributed by atoms with Crippen LogP contribution in [0.25, 0.3) is 0 Å². The van der Waals surface area contributed by atoms with E-state index in [1.807, 2.05) is 0 Å². The molecular formula is C16H26O6. The van der Waals surface area contributed by atoms with Crippen molar-refractivity contribution in [1.82, 2.24) is 0 Å². The molecule has 2 aliphatic rings. The van der Waals surface area contributed by atoms with Crippen LogP contribution in [-0.2, 0) is 9.47 Å². The van der Waals surface area contributed by atoms with E-state index in [1.54, 1.807) is 0 Å². The zero-order chi connectivity index (χ0) is 16.3. The van der Waals surface area contributed by atoms with Crippen molar-refractivity contribution in [2.75, 3.05) is 13.2 Å². The molecule has 1 heterocycles. The van der Waals surface area contributed by atoms with Crippen LogP contribution in [0.3, 0.4) is 0 Å². The van der Waals surface area contributed by atoms with E-state index in [4.69, 9.17) is 14.6 Å². The predicted octanol–water partition coefficient (Wildman–Crippen LogP) is 0.105.